The molecule has 0 unspecified atom stereocenters. The molecule has 0 N–H and O–H groups in total. The molecule has 3 aromatic rings. The van der Waals surface area contributed by atoms with Crippen LogP contribution in [0.4, 0.5) is 0 Å². The van der Waals surface area contributed by atoms with Gasteiger partial charge in [-0.25, -0.2) is 4.98 Å². The van der Waals surface area contributed by atoms with Crippen LogP contribution in [-0.2, 0) is 11.2 Å². The topological polar surface area (TPSA) is 46.3 Å². The van der Waals surface area contributed by atoms with Gasteiger partial charge in [-0.1, -0.05) is 48.2 Å². The number of benzene rings is 2. The average molecular weight is 352 g/mol. The van der Waals surface area contributed by atoms with Gasteiger partial charge in [0.25, 0.3) is 5.22 Å². The smallest absolute Gasteiger partial charge is 0.257 e. The number of aromatic nitrogens is 1. The van der Waals surface area contributed by atoms with Gasteiger partial charge in [0.2, 0.25) is 5.91 Å². The summed E-state index contributed by atoms with van der Waals surface area (Å²) >= 11 is 1.36. The molecule has 128 valence electrons. The first-order valence-electron chi connectivity index (χ1n) is 8.54. The standard InChI is InChI=1S/C20H20N2O2S/c1-22(17-11-6-8-14-7-2-3-9-15(14)17)19(23)13-25-20-21-16-10-4-5-12-18(16)24-20/h2-5,7,9-10,12,17H,6,8,11,13H2,1H3/t17-/m1/s1. The summed E-state index contributed by atoms with van der Waals surface area (Å²) in [6.07, 6.45) is 3.25. The van der Waals surface area contributed by atoms with E-state index in [9.17, 15) is 4.79 Å². The van der Waals surface area contributed by atoms with Gasteiger partial charge in [-0.3, -0.25) is 4.79 Å². The van der Waals surface area contributed by atoms with Crippen molar-refractivity contribution in [1.29, 1.82) is 0 Å². The van der Waals surface area contributed by atoms with Crippen LogP contribution >= 0.6 is 11.8 Å². The second-order valence-corrected chi connectivity index (χ2v) is 7.27. The van der Waals surface area contributed by atoms with E-state index in [-0.39, 0.29) is 11.9 Å². The molecule has 0 spiro atoms. The van der Waals surface area contributed by atoms with Crippen LogP contribution in [0.15, 0.2) is 58.2 Å². The van der Waals surface area contributed by atoms with E-state index in [4.69, 9.17) is 4.42 Å². The molecular weight excluding hydrogens is 332 g/mol. The Balaban J connectivity index is 1.44. The summed E-state index contributed by atoms with van der Waals surface area (Å²) in [6, 6.07) is 16.3. The zero-order chi connectivity index (χ0) is 17.2. The number of oxazole rings is 1. The predicted octanol–water partition coefficient (Wildman–Crippen LogP) is 4.46. The summed E-state index contributed by atoms with van der Waals surface area (Å²) in [5.41, 5.74) is 4.24. The highest BCUT2D eigenvalue weighted by Gasteiger charge is 2.26. The summed E-state index contributed by atoms with van der Waals surface area (Å²) in [7, 11) is 1.90. The molecule has 1 atom stereocenters. The monoisotopic (exact) mass is 352 g/mol. The van der Waals surface area contributed by atoms with Crippen LogP contribution in [-0.4, -0.2) is 28.6 Å². The summed E-state index contributed by atoms with van der Waals surface area (Å²) < 4.78 is 5.68. The van der Waals surface area contributed by atoms with Crippen LogP contribution < -0.4 is 0 Å². The first-order valence-corrected chi connectivity index (χ1v) is 9.53. The third-order valence-electron chi connectivity index (χ3n) is 4.79. The van der Waals surface area contributed by atoms with Gasteiger partial charge in [0.1, 0.15) is 5.52 Å². The molecule has 1 aliphatic carbocycles. The molecule has 4 rings (SSSR count). The van der Waals surface area contributed by atoms with Gasteiger partial charge in [0.15, 0.2) is 5.58 Å². The molecule has 0 saturated heterocycles. The largest absolute Gasteiger partial charge is 0.431 e. The first-order chi connectivity index (χ1) is 12.2. The molecule has 1 aliphatic rings. The molecular formula is C20H20N2O2S. The van der Waals surface area contributed by atoms with E-state index in [1.165, 1.54) is 22.9 Å². The maximum Gasteiger partial charge on any atom is 0.257 e. The van der Waals surface area contributed by atoms with E-state index in [0.29, 0.717) is 11.0 Å². The Morgan fingerprint density at radius 1 is 1.24 bits per heavy atom. The van der Waals surface area contributed by atoms with Crippen LogP contribution in [0.1, 0.15) is 30.0 Å². The third-order valence-corrected chi connectivity index (χ3v) is 5.60. The van der Waals surface area contributed by atoms with Crippen LogP contribution in [0.5, 0.6) is 0 Å². The van der Waals surface area contributed by atoms with Gasteiger partial charge in [-0.15, -0.1) is 0 Å². The number of aryl methyl sites for hydroxylation is 1. The Hall–Kier alpha value is -2.27. The molecule has 25 heavy (non-hydrogen) atoms. The highest BCUT2D eigenvalue weighted by Crippen LogP contribution is 2.34. The summed E-state index contributed by atoms with van der Waals surface area (Å²) in [4.78, 5) is 19.0. The van der Waals surface area contributed by atoms with Gasteiger partial charge in [-0.05, 0) is 42.5 Å². The minimum atomic E-state index is 0.106. The Kier molecular flexibility index (Phi) is 4.49. The number of nitrogens with zero attached hydrogens (tertiary/aromatic N) is 2. The molecule has 5 heteroatoms. The maximum atomic E-state index is 12.7. The van der Waals surface area contributed by atoms with E-state index in [0.717, 1.165) is 30.4 Å². The van der Waals surface area contributed by atoms with Crippen LogP contribution in [0.2, 0.25) is 0 Å². The molecule has 0 fully saturated rings. The van der Waals surface area contributed by atoms with Crippen molar-refractivity contribution >= 4 is 28.8 Å². The van der Waals surface area contributed by atoms with E-state index < -0.39 is 0 Å². The second kappa shape index (κ2) is 6.92. The van der Waals surface area contributed by atoms with Gasteiger partial charge in [0, 0.05) is 7.05 Å². The van der Waals surface area contributed by atoms with Crippen molar-refractivity contribution in [2.24, 2.45) is 0 Å². The van der Waals surface area contributed by atoms with Crippen molar-refractivity contribution in [2.75, 3.05) is 12.8 Å². The van der Waals surface area contributed by atoms with Crippen molar-refractivity contribution in [2.45, 2.75) is 30.5 Å². The molecule has 1 heterocycles. The molecule has 4 nitrogen and oxygen atoms in total. The number of thioether (sulfide) groups is 1. The van der Waals surface area contributed by atoms with Crippen LogP contribution in [0.3, 0.4) is 0 Å². The number of hydrogen-bond donors (Lipinski definition) is 0. The van der Waals surface area contributed by atoms with Crippen molar-refractivity contribution in [3.05, 3.63) is 59.7 Å². The number of para-hydroxylation sites is 2. The van der Waals surface area contributed by atoms with Crippen LogP contribution in [0.25, 0.3) is 11.1 Å². The van der Waals surface area contributed by atoms with E-state index in [2.05, 4.69) is 29.2 Å². The van der Waals surface area contributed by atoms with Gasteiger partial charge < -0.3 is 9.32 Å². The van der Waals surface area contributed by atoms with Gasteiger partial charge in [-0.2, -0.15) is 0 Å². The quantitative estimate of drug-likeness (QED) is 0.651. The molecule has 0 aliphatic heterocycles. The lowest BCUT2D eigenvalue weighted by molar-refractivity contribution is -0.129. The van der Waals surface area contributed by atoms with E-state index in [1.54, 1.807) is 0 Å². The molecule has 1 amide bonds. The lowest BCUT2D eigenvalue weighted by Crippen LogP contribution is -2.34. The minimum absolute atomic E-state index is 0.106. The Labute approximate surface area is 151 Å². The van der Waals surface area contributed by atoms with Crippen molar-refractivity contribution in [3.63, 3.8) is 0 Å². The second-order valence-electron chi connectivity index (χ2n) is 6.35. The van der Waals surface area contributed by atoms with Gasteiger partial charge in [0.05, 0.1) is 11.8 Å². The van der Waals surface area contributed by atoms with Crippen molar-refractivity contribution in [3.8, 4) is 0 Å². The maximum absolute atomic E-state index is 12.7. The summed E-state index contributed by atoms with van der Waals surface area (Å²) in [5.74, 6) is 0.441. The SMILES string of the molecule is CN(C(=O)CSc1nc2ccccc2o1)[C@@H]1CCCc2ccccc21. The minimum Gasteiger partial charge on any atom is -0.431 e. The average Bonchev–Trinajstić information content (AvgIpc) is 3.08. The number of hydrogen-bond acceptors (Lipinski definition) is 4. The number of rotatable bonds is 4. The lowest BCUT2D eigenvalue weighted by atomic mass is 9.87. The Morgan fingerprint density at radius 3 is 2.92 bits per heavy atom. The van der Waals surface area contributed by atoms with Gasteiger partial charge >= 0.3 is 0 Å². The Morgan fingerprint density at radius 2 is 2.04 bits per heavy atom. The number of carbonyl (C=O) groups excluding carboxylic acids is 1. The zero-order valence-electron chi connectivity index (χ0n) is 14.1. The fourth-order valence-electron chi connectivity index (χ4n) is 3.44. The Bertz CT molecular complexity index is 872. The zero-order valence-corrected chi connectivity index (χ0v) is 15.0. The predicted molar refractivity (Wildman–Crippen MR) is 99.6 cm³/mol. The summed E-state index contributed by atoms with van der Waals surface area (Å²) in [5, 5.41) is 0.548. The lowest BCUT2D eigenvalue weighted by Gasteiger charge is -2.33. The number of carbonyl (C=O) groups is 1. The van der Waals surface area contributed by atoms with Crippen molar-refractivity contribution < 1.29 is 9.21 Å². The van der Waals surface area contributed by atoms with E-state index >= 15 is 0 Å². The molecule has 0 saturated carbocycles. The van der Waals surface area contributed by atoms with E-state index in [1.807, 2.05) is 36.2 Å². The number of amides is 1. The highest BCUT2D eigenvalue weighted by molar-refractivity contribution is 7.99. The normalized spacial score (nSPS) is 16.6. The highest BCUT2D eigenvalue weighted by atomic mass is 32.2. The molecule has 2 aromatic carbocycles. The fraction of sp³-hybridized carbons (Fsp3) is 0.300. The third kappa shape index (κ3) is 3.29. The van der Waals surface area contributed by atoms with Crippen LogP contribution in [0, 0.1) is 0 Å². The summed E-state index contributed by atoms with van der Waals surface area (Å²) in [6.45, 7) is 0. The molecule has 0 radical (unpaired) electrons. The molecule has 0 bridgehead atoms. The number of fused-ring (bicyclic) bond motifs is 2. The van der Waals surface area contributed by atoms with Crippen molar-refractivity contribution in [1.82, 2.24) is 9.88 Å². The fourth-order valence-corrected chi connectivity index (χ4v) is 4.20. The molecule has 1 aromatic heterocycles. The first kappa shape index (κ1) is 16.2.